The molecule has 0 spiro atoms. The van der Waals surface area contributed by atoms with Crippen LogP contribution >= 0.6 is 23.2 Å². The molecule has 0 aromatic heterocycles. The molecule has 0 saturated carbocycles. The molecule has 7 heteroatoms. The summed E-state index contributed by atoms with van der Waals surface area (Å²) < 4.78 is 0. The van der Waals surface area contributed by atoms with Gasteiger partial charge in [0.25, 0.3) is 0 Å². The molecule has 0 bridgehead atoms. The molecular weight excluding hydrogens is 279 g/mol. The van der Waals surface area contributed by atoms with Crippen molar-refractivity contribution < 1.29 is 15.0 Å². The number of carbonyl (C=O) groups excluding carboxylic acids is 1. The van der Waals surface area contributed by atoms with E-state index in [4.69, 9.17) is 28.9 Å². The molecule has 18 heavy (non-hydrogen) atoms. The highest BCUT2D eigenvalue weighted by Gasteiger charge is 2.22. The van der Waals surface area contributed by atoms with E-state index in [0.29, 0.717) is 0 Å². The maximum absolute atomic E-state index is 10.7. The number of nitrogens with one attached hydrogen (secondary N) is 1. The summed E-state index contributed by atoms with van der Waals surface area (Å²) in [6.07, 6.45) is -2.45. The van der Waals surface area contributed by atoms with Gasteiger partial charge in [-0.3, -0.25) is 4.79 Å². The van der Waals surface area contributed by atoms with Gasteiger partial charge >= 0.3 is 0 Å². The Kier molecular flexibility index (Phi) is 5.22. The summed E-state index contributed by atoms with van der Waals surface area (Å²) in [5, 5.41) is 22.4. The van der Waals surface area contributed by atoms with Crippen molar-refractivity contribution in [2.24, 2.45) is 0 Å². The fraction of sp³-hybridized carbons (Fsp3) is 0.364. The molecule has 5 N–H and O–H groups in total. The maximum atomic E-state index is 10.7. The monoisotopic (exact) mass is 292 g/mol. The summed E-state index contributed by atoms with van der Waals surface area (Å²) in [6, 6.07) is 2.79. The average molecular weight is 293 g/mol. The zero-order valence-electron chi connectivity index (χ0n) is 9.65. The smallest absolute Gasteiger partial charge is 0.216 e. The molecule has 0 radical (unpaired) electrons. The van der Waals surface area contributed by atoms with E-state index in [1.165, 1.54) is 19.1 Å². The first-order valence-corrected chi connectivity index (χ1v) is 5.93. The Morgan fingerprint density at radius 1 is 1.39 bits per heavy atom. The molecule has 2 unspecified atom stereocenters. The van der Waals surface area contributed by atoms with Crippen LogP contribution in [0, 0.1) is 0 Å². The first kappa shape index (κ1) is 15.0. The van der Waals surface area contributed by atoms with Crippen LogP contribution in [0.1, 0.15) is 18.6 Å². The molecule has 1 aromatic carbocycles. The first-order valence-electron chi connectivity index (χ1n) is 5.18. The molecule has 2 atom stereocenters. The summed E-state index contributed by atoms with van der Waals surface area (Å²) in [4.78, 5) is 10.7. The van der Waals surface area contributed by atoms with E-state index >= 15 is 0 Å². The topological polar surface area (TPSA) is 95.6 Å². The fourth-order valence-electron chi connectivity index (χ4n) is 1.37. The molecule has 1 amide bonds. The van der Waals surface area contributed by atoms with E-state index in [0.717, 1.165) is 0 Å². The first-order chi connectivity index (χ1) is 8.32. The number of carbonyl (C=O) groups is 1. The number of aliphatic hydroxyl groups is 2. The van der Waals surface area contributed by atoms with Crippen LogP contribution in [0.15, 0.2) is 12.1 Å². The van der Waals surface area contributed by atoms with Crippen molar-refractivity contribution in [3.05, 3.63) is 27.7 Å². The van der Waals surface area contributed by atoms with Gasteiger partial charge in [0, 0.05) is 24.1 Å². The zero-order valence-corrected chi connectivity index (χ0v) is 11.2. The van der Waals surface area contributed by atoms with Gasteiger partial charge in [-0.1, -0.05) is 23.2 Å². The molecule has 5 nitrogen and oxygen atoms in total. The summed E-state index contributed by atoms with van der Waals surface area (Å²) in [7, 11) is 0. The number of aliphatic hydroxyl groups excluding tert-OH is 2. The number of amides is 1. The van der Waals surface area contributed by atoms with Gasteiger partial charge in [0.2, 0.25) is 5.91 Å². The predicted molar refractivity (Wildman–Crippen MR) is 70.5 cm³/mol. The van der Waals surface area contributed by atoms with Crippen molar-refractivity contribution in [2.75, 3.05) is 12.3 Å². The SMILES string of the molecule is CC(=O)NCC(O)C(O)c1cc(Cl)c(N)cc1Cl. The lowest BCUT2D eigenvalue weighted by Crippen LogP contribution is -2.34. The van der Waals surface area contributed by atoms with Gasteiger partial charge in [0.05, 0.1) is 10.7 Å². The van der Waals surface area contributed by atoms with Crippen LogP contribution in [-0.4, -0.2) is 28.8 Å². The summed E-state index contributed by atoms with van der Waals surface area (Å²) >= 11 is 11.7. The standard InChI is InChI=1S/C11H14Cl2N2O3/c1-5(16)15-4-10(17)11(18)6-2-8(13)9(14)3-7(6)12/h2-3,10-11,17-18H,4,14H2,1H3,(H,15,16). The second kappa shape index (κ2) is 6.24. The van der Waals surface area contributed by atoms with Gasteiger partial charge < -0.3 is 21.3 Å². The predicted octanol–water partition coefficient (Wildman–Crippen LogP) is 1.11. The van der Waals surface area contributed by atoms with Gasteiger partial charge in [0.1, 0.15) is 12.2 Å². The summed E-state index contributed by atoms with van der Waals surface area (Å²) in [5.74, 6) is -0.303. The zero-order chi connectivity index (χ0) is 13.9. The van der Waals surface area contributed by atoms with Crippen LogP contribution in [0.25, 0.3) is 0 Å². The van der Waals surface area contributed by atoms with Crippen LogP contribution in [0.4, 0.5) is 5.69 Å². The van der Waals surface area contributed by atoms with Crippen LogP contribution in [0.5, 0.6) is 0 Å². The van der Waals surface area contributed by atoms with Crippen molar-refractivity contribution in [1.82, 2.24) is 5.32 Å². The summed E-state index contributed by atoms with van der Waals surface area (Å²) in [6.45, 7) is 1.22. The Morgan fingerprint density at radius 2 is 2.00 bits per heavy atom. The van der Waals surface area contributed by atoms with E-state index in [1.54, 1.807) is 0 Å². The van der Waals surface area contributed by atoms with Crippen LogP contribution < -0.4 is 11.1 Å². The Morgan fingerprint density at radius 3 is 2.56 bits per heavy atom. The number of halogens is 2. The Labute approximate surface area is 115 Å². The third kappa shape index (κ3) is 3.74. The minimum Gasteiger partial charge on any atom is -0.397 e. The minimum absolute atomic E-state index is 0.0885. The van der Waals surface area contributed by atoms with Crippen molar-refractivity contribution in [2.45, 2.75) is 19.1 Å². The van der Waals surface area contributed by atoms with Crippen molar-refractivity contribution in [3.63, 3.8) is 0 Å². The molecule has 0 aliphatic carbocycles. The molecule has 1 rings (SSSR count). The normalized spacial score (nSPS) is 14.1. The number of nitrogens with two attached hydrogens (primary N) is 1. The van der Waals surface area contributed by atoms with Gasteiger partial charge in [-0.15, -0.1) is 0 Å². The Balaban J connectivity index is 2.86. The molecule has 0 fully saturated rings. The largest absolute Gasteiger partial charge is 0.397 e. The third-order valence-corrected chi connectivity index (χ3v) is 3.01. The van der Waals surface area contributed by atoms with Gasteiger partial charge in [-0.2, -0.15) is 0 Å². The van der Waals surface area contributed by atoms with Gasteiger partial charge in [0.15, 0.2) is 0 Å². The number of rotatable bonds is 4. The minimum atomic E-state index is -1.26. The number of hydrogen-bond donors (Lipinski definition) is 4. The number of nitrogen functional groups attached to an aromatic ring is 1. The van der Waals surface area contributed by atoms with Crippen LogP contribution in [0.2, 0.25) is 10.0 Å². The second-order valence-electron chi connectivity index (χ2n) is 3.84. The maximum Gasteiger partial charge on any atom is 0.216 e. The number of anilines is 1. The molecule has 0 saturated heterocycles. The third-order valence-electron chi connectivity index (χ3n) is 2.36. The van der Waals surface area contributed by atoms with Gasteiger partial charge in [-0.25, -0.2) is 0 Å². The molecular formula is C11H14Cl2N2O3. The number of benzene rings is 1. The molecule has 100 valence electrons. The molecule has 0 aliphatic rings. The number of hydrogen-bond acceptors (Lipinski definition) is 4. The lowest BCUT2D eigenvalue weighted by atomic mass is 10.0. The fourth-order valence-corrected chi connectivity index (χ4v) is 1.83. The summed E-state index contributed by atoms with van der Waals surface area (Å²) in [5.41, 5.74) is 6.09. The highest BCUT2D eigenvalue weighted by molar-refractivity contribution is 6.35. The van der Waals surface area contributed by atoms with E-state index in [1.807, 2.05) is 0 Å². The molecule has 0 heterocycles. The van der Waals surface area contributed by atoms with Crippen molar-refractivity contribution in [1.29, 1.82) is 0 Å². The highest BCUT2D eigenvalue weighted by atomic mass is 35.5. The van der Waals surface area contributed by atoms with Crippen molar-refractivity contribution >= 4 is 34.8 Å². The molecule has 1 aromatic rings. The Bertz CT molecular complexity index is 454. The van der Waals surface area contributed by atoms with Crippen molar-refractivity contribution in [3.8, 4) is 0 Å². The van der Waals surface area contributed by atoms with E-state index in [-0.39, 0.29) is 33.7 Å². The quantitative estimate of drug-likeness (QED) is 0.625. The van der Waals surface area contributed by atoms with E-state index in [2.05, 4.69) is 5.32 Å². The van der Waals surface area contributed by atoms with E-state index < -0.39 is 12.2 Å². The van der Waals surface area contributed by atoms with Gasteiger partial charge in [-0.05, 0) is 12.1 Å². The molecule has 0 aliphatic heterocycles. The van der Waals surface area contributed by atoms with Crippen LogP contribution in [-0.2, 0) is 4.79 Å². The van der Waals surface area contributed by atoms with E-state index in [9.17, 15) is 15.0 Å². The Hall–Kier alpha value is -1.01. The lowest BCUT2D eigenvalue weighted by molar-refractivity contribution is -0.119. The second-order valence-corrected chi connectivity index (χ2v) is 4.66. The highest BCUT2D eigenvalue weighted by Crippen LogP contribution is 2.32. The lowest BCUT2D eigenvalue weighted by Gasteiger charge is -2.20. The average Bonchev–Trinajstić information content (AvgIpc) is 2.29. The van der Waals surface area contributed by atoms with Crippen LogP contribution in [0.3, 0.4) is 0 Å².